The third-order valence-electron chi connectivity index (χ3n) is 3.10. The van der Waals surface area contributed by atoms with Crippen LogP contribution >= 0.6 is 0 Å². The number of hydrogen-bond acceptors (Lipinski definition) is 3. The van der Waals surface area contributed by atoms with Gasteiger partial charge in [0, 0.05) is 38.5 Å². The van der Waals surface area contributed by atoms with Gasteiger partial charge in [-0.25, -0.2) is 4.79 Å². The molecule has 0 aromatic carbocycles. The molecule has 1 unspecified atom stereocenters. The van der Waals surface area contributed by atoms with E-state index in [0.29, 0.717) is 19.5 Å². The summed E-state index contributed by atoms with van der Waals surface area (Å²) in [4.78, 5) is 14.2. The standard InChI is InChI=1S/C15H28N4O2/c1-12(13-9-16-18(5)10-13)17-14(21)19(7-6-8-20)11-15(2,3)4/h9-10,12,20H,6-8,11H2,1-5H3,(H,17,21). The number of carbonyl (C=O) groups is 1. The summed E-state index contributed by atoms with van der Waals surface area (Å²) in [5.74, 6) is 0. The van der Waals surface area contributed by atoms with Gasteiger partial charge < -0.3 is 15.3 Å². The average molecular weight is 296 g/mol. The fourth-order valence-corrected chi connectivity index (χ4v) is 2.11. The molecule has 0 fully saturated rings. The van der Waals surface area contributed by atoms with Crippen molar-refractivity contribution in [3.05, 3.63) is 18.0 Å². The Hall–Kier alpha value is -1.56. The van der Waals surface area contributed by atoms with Crippen molar-refractivity contribution in [1.29, 1.82) is 0 Å². The lowest BCUT2D eigenvalue weighted by molar-refractivity contribution is 0.162. The molecule has 0 saturated heterocycles. The smallest absolute Gasteiger partial charge is 0.317 e. The Morgan fingerprint density at radius 1 is 1.52 bits per heavy atom. The Labute approximate surface area is 127 Å². The summed E-state index contributed by atoms with van der Waals surface area (Å²) in [5, 5.41) is 16.1. The first kappa shape index (κ1) is 17.5. The van der Waals surface area contributed by atoms with Crippen LogP contribution < -0.4 is 5.32 Å². The predicted molar refractivity (Wildman–Crippen MR) is 82.9 cm³/mol. The third-order valence-corrected chi connectivity index (χ3v) is 3.10. The molecule has 0 aliphatic carbocycles. The normalized spacial score (nSPS) is 13.0. The maximum absolute atomic E-state index is 12.4. The van der Waals surface area contributed by atoms with Gasteiger partial charge in [0.1, 0.15) is 0 Å². The lowest BCUT2D eigenvalue weighted by atomic mass is 9.96. The molecule has 2 N–H and O–H groups in total. The van der Waals surface area contributed by atoms with Crippen LogP contribution in [0, 0.1) is 5.41 Å². The van der Waals surface area contributed by atoms with Crippen LogP contribution in [0.25, 0.3) is 0 Å². The number of aliphatic hydroxyl groups is 1. The number of hydrogen-bond donors (Lipinski definition) is 2. The Morgan fingerprint density at radius 2 is 2.19 bits per heavy atom. The van der Waals surface area contributed by atoms with Crippen molar-refractivity contribution in [2.24, 2.45) is 12.5 Å². The first-order chi connectivity index (χ1) is 9.73. The van der Waals surface area contributed by atoms with E-state index in [1.165, 1.54) is 0 Å². The molecule has 0 saturated carbocycles. The highest BCUT2D eigenvalue weighted by atomic mass is 16.3. The SMILES string of the molecule is CC(NC(=O)N(CCCO)CC(C)(C)C)c1cnn(C)c1. The Kier molecular flexibility index (Phi) is 6.20. The van der Waals surface area contributed by atoms with E-state index >= 15 is 0 Å². The minimum absolute atomic E-state index is 0.0182. The molecule has 1 rings (SSSR count). The monoisotopic (exact) mass is 296 g/mol. The molecule has 0 radical (unpaired) electrons. The van der Waals surface area contributed by atoms with Gasteiger partial charge in [-0.1, -0.05) is 20.8 Å². The molecular weight excluding hydrogens is 268 g/mol. The number of aryl methyl sites for hydroxylation is 1. The van der Waals surface area contributed by atoms with E-state index in [2.05, 4.69) is 31.2 Å². The van der Waals surface area contributed by atoms with E-state index < -0.39 is 0 Å². The van der Waals surface area contributed by atoms with Crippen molar-refractivity contribution in [3.8, 4) is 0 Å². The van der Waals surface area contributed by atoms with Crippen LogP contribution in [0.3, 0.4) is 0 Å². The number of aliphatic hydroxyl groups excluding tert-OH is 1. The highest BCUT2D eigenvalue weighted by Crippen LogP contribution is 2.17. The molecule has 21 heavy (non-hydrogen) atoms. The van der Waals surface area contributed by atoms with Crippen molar-refractivity contribution in [2.75, 3.05) is 19.7 Å². The summed E-state index contributed by atoms with van der Waals surface area (Å²) >= 11 is 0. The minimum Gasteiger partial charge on any atom is -0.396 e. The summed E-state index contributed by atoms with van der Waals surface area (Å²) in [6, 6.07) is -0.197. The van der Waals surface area contributed by atoms with Gasteiger partial charge in [0.2, 0.25) is 0 Å². The number of nitrogens with zero attached hydrogens (tertiary/aromatic N) is 3. The third kappa shape index (κ3) is 6.16. The summed E-state index contributed by atoms with van der Waals surface area (Å²) in [5.41, 5.74) is 0.994. The first-order valence-corrected chi connectivity index (χ1v) is 7.38. The molecule has 1 heterocycles. The molecule has 120 valence electrons. The second-order valence-corrected chi connectivity index (χ2v) is 6.68. The van der Waals surface area contributed by atoms with Gasteiger partial charge in [-0.15, -0.1) is 0 Å². The zero-order valence-corrected chi connectivity index (χ0v) is 13.8. The predicted octanol–water partition coefficient (Wildman–Crippen LogP) is 1.92. The van der Waals surface area contributed by atoms with Gasteiger partial charge >= 0.3 is 6.03 Å². The first-order valence-electron chi connectivity index (χ1n) is 7.38. The van der Waals surface area contributed by atoms with Gasteiger partial charge in [0.25, 0.3) is 0 Å². The Bertz CT molecular complexity index is 451. The van der Waals surface area contributed by atoms with Crippen LogP contribution in [-0.4, -0.2) is 45.5 Å². The maximum atomic E-state index is 12.4. The fraction of sp³-hybridized carbons (Fsp3) is 0.733. The Balaban J connectivity index is 2.66. The second kappa shape index (κ2) is 7.45. The lowest BCUT2D eigenvalue weighted by Crippen LogP contribution is -2.45. The van der Waals surface area contributed by atoms with Crippen LogP contribution in [0.1, 0.15) is 45.7 Å². The van der Waals surface area contributed by atoms with E-state index in [1.807, 2.05) is 20.2 Å². The zero-order valence-electron chi connectivity index (χ0n) is 13.8. The number of carbonyl (C=O) groups excluding carboxylic acids is 1. The van der Waals surface area contributed by atoms with Crippen molar-refractivity contribution in [2.45, 2.75) is 40.2 Å². The molecular formula is C15H28N4O2. The largest absolute Gasteiger partial charge is 0.396 e. The number of amides is 2. The molecule has 0 spiro atoms. The van der Waals surface area contributed by atoms with Crippen LogP contribution in [0.5, 0.6) is 0 Å². The van der Waals surface area contributed by atoms with Gasteiger partial charge in [-0.05, 0) is 18.8 Å². The zero-order chi connectivity index (χ0) is 16.0. The summed E-state index contributed by atoms with van der Waals surface area (Å²) in [6.45, 7) is 9.52. The lowest BCUT2D eigenvalue weighted by Gasteiger charge is -2.31. The number of rotatable bonds is 6. The molecule has 1 atom stereocenters. The molecule has 0 aliphatic rings. The van der Waals surface area contributed by atoms with Gasteiger partial charge in [-0.3, -0.25) is 4.68 Å². The van der Waals surface area contributed by atoms with Crippen molar-refractivity contribution in [1.82, 2.24) is 20.0 Å². The van der Waals surface area contributed by atoms with Crippen LogP contribution in [0.4, 0.5) is 4.79 Å². The summed E-state index contributed by atoms with van der Waals surface area (Å²) in [6.07, 6.45) is 4.24. The molecule has 1 aromatic heterocycles. The van der Waals surface area contributed by atoms with Crippen LogP contribution in [0.15, 0.2) is 12.4 Å². The molecule has 6 heteroatoms. The van der Waals surface area contributed by atoms with E-state index in [9.17, 15) is 4.79 Å². The number of aromatic nitrogens is 2. The van der Waals surface area contributed by atoms with Crippen molar-refractivity contribution in [3.63, 3.8) is 0 Å². The highest BCUT2D eigenvalue weighted by molar-refractivity contribution is 5.74. The highest BCUT2D eigenvalue weighted by Gasteiger charge is 2.22. The molecule has 1 aromatic rings. The maximum Gasteiger partial charge on any atom is 0.317 e. The van der Waals surface area contributed by atoms with Crippen molar-refractivity contribution < 1.29 is 9.90 Å². The minimum atomic E-state index is -0.102. The topological polar surface area (TPSA) is 70.4 Å². The van der Waals surface area contributed by atoms with Gasteiger partial charge in [0.15, 0.2) is 0 Å². The summed E-state index contributed by atoms with van der Waals surface area (Å²) in [7, 11) is 1.85. The van der Waals surface area contributed by atoms with Crippen LogP contribution in [-0.2, 0) is 7.05 Å². The average Bonchev–Trinajstić information content (AvgIpc) is 2.79. The van der Waals surface area contributed by atoms with Gasteiger partial charge in [0.05, 0.1) is 12.2 Å². The van der Waals surface area contributed by atoms with E-state index in [1.54, 1.807) is 15.8 Å². The molecule has 0 aliphatic heterocycles. The fourth-order valence-electron chi connectivity index (χ4n) is 2.11. The number of nitrogens with one attached hydrogen (secondary N) is 1. The molecule has 0 bridgehead atoms. The summed E-state index contributed by atoms with van der Waals surface area (Å²) < 4.78 is 1.72. The van der Waals surface area contributed by atoms with E-state index in [4.69, 9.17) is 5.11 Å². The molecule has 6 nitrogen and oxygen atoms in total. The quantitative estimate of drug-likeness (QED) is 0.842. The van der Waals surface area contributed by atoms with Gasteiger partial charge in [-0.2, -0.15) is 5.10 Å². The number of urea groups is 1. The van der Waals surface area contributed by atoms with E-state index in [-0.39, 0.29) is 24.1 Å². The van der Waals surface area contributed by atoms with Crippen LogP contribution in [0.2, 0.25) is 0 Å². The van der Waals surface area contributed by atoms with Crippen molar-refractivity contribution >= 4 is 6.03 Å². The van der Waals surface area contributed by atoms with E-state index in [0.717, 1.165) is 5.56 Å². The molecule has 2 amide bonds. The Morgan fingerprint density at radius 3 is 2.67 bits per heavy atom. The second-order valence-electron chi connectivity index (χ2n) is 6.68.